The van der Waals surface area contributed by atoms with Crippen molar-refractivity contribution < 1.29 is 14.3 Å². The molecular weight excluding hydrogens is 420 g/mol. The molecule has 1 atom stereocenters. The van der Waals surface area contributed by atoms with E-state index >= 15 is 0 Å². The van der Waals surface area contributed by atoms with Crippen LogP contribution in [0.25, 0.3) is 0 Å². The number of carbonyl (C=O) groups is 2. The van der Waals surface area contributed by atoms with E-state index in [-0.39, 0.29) is 18.4 Å². The predicted octanol–water partition coefficient (Wildman–Crippen LogP) is 4.00. The molecule has 0 heterocycles. The van der Waals surface area contributed by atoms with E-state index in [4.69, 9.17) is 4.74 Å². The van der Waals surface area contributed by atoms with Crippen LogP contribution in [0.15, 0.2) is 46.9 Å². The maximum atomic E-state index is 12.9. The van der Waals surface area contributed by atoms with Crippen molar-refractivity contribution in [3.05, 3.63) is 63.6 Å². The zero-order valence-electron chi connectivity index (χ0n) is 16.8. The number of hydrogen-bond acceptors (Lipinski definition) is 3. The molecule has 0 fully saturated rings. The molecule has 0 aliphatic rings. The molecule has 0 unspecified atom stereocenters. The molecule has 0 saturated heterocycles. The van der Waals surface area contributed by atoms with Crippen LogP contribution < -0.4 is 10.1 Å². The van der Waals surface area contributed by atoms with Gasteiger partial charge in [0.15, 0.2) is 6.61 Å². The molecular formula is C22H27BrN2O3. The number of aryl methyl sites for hydroxylation is 2. The van der Waals surface area contributed by atoms with Crippen LogP contribution in [0.3, 0.4) is 0 Å². The summed E-state index contributed by atoms with van der Waals surface area (Å²) in [5, 5.41) is 2.79. The first kappa shape index (κ1) is 22.0. The molecule has 28 heavy (non-hydrogen) atoms. The Morgan fingerprint density at radius 3 is 2.57 bits per heavy atom. The molecule has 2 rings (SSSR count). The molecule has 0 aliphatic carbocycles. The maximum absolute atomic E-state index is 12.9. The Bertz CT molecular complexity index is 838. The highest BCUT2D eigenvalue weighted by Gasteiger charge is 2.26. The smallest absolute Gasteiger partial charge is 0.261 e. The van der Waals surface area contributed by atoms with Crippen molar-refractivity contribution in [1.29, 1.82) is 0 Å². The summed E-state index contributed by atoms with van der Waals surface area (Å²) in [6, 6.07) is 12.9. The van der Waals surface area contributed by atoms with Crippen molar-refractivity contribution in [3.8, 4) is 5.75 Å². The largest absolute Gasteiger partial charge is 0.484 e. The summed E-state index contributed by atoms with van der Waals surface area (Å²) < 4.78 is 6.68. The number of benzene rings is 2. The first-order valence-electron chi connectivity index (χ1n) is 9.33. The van der Waals surface area contributed by atoms with Gasteiger partial charge in [-0.05, 0) is 57.0 Å². The Morgan fingerprint density at radius 1 is 1.18 bits per heavy atom. The van der Waals surface area contributed by atoms with E-state index in [0.717, 1.165) is 21.2 Å². The molecule has 0 bridgehead atoms. The van der Waals surface area contributed by atoms with Crippen LogP contribution in [-0.2, 0) is 16.1 Å². The van der Waals surface area contributed by atoms with Gasteiger partial charge in [-0.1, -0.05) is 45.8 Å². The Hall–Kier alpha value is -2.34. The summed E-state index contributed by atoms with van der Waals surface area (Å²) in [4.78, 5) is 26.8. The third kappa shape index (κ3) is 6.09. The molecule has 0 radical (unpaired) electrons. The van der Waals surface area contributed by atoms with Crippen molar-refractivity contribution in [1.82, 2.24) is 10.2 Å². The number of ether oxygens (including phenoxy) is 1. The first-order valence-corrected chi connectivity index (χ1v) is 10.1. The first-order chi connectivity index (χ1) is 13.3. The Kier molecular flexibility index (Phi) is 8.05. The zero-order chi connectivity index (χ0) is 20.7. The SMILES string of the molecule is CCNC(=O)[C@H](C)N(Cc1cccc(C)c1)C(=O)COc1ccc(Br)c(C)c1. The van der Waals surface area contributed by atoms with Crippen molar-refractivity contribution in [2.45, 2.75) is 40.3 Å². The molecule has 2 aromatic rings. The second-order valence-corrected chi connectivity index (χ2v) is 7.64. The molecule has 2 aromatic carbocycles. The van der Waals surface area contributed by atoms with Gasteiger partial charge in [-0.2, -0.15) is 0 Å². The Labute approximate surface area is 175 Å². The summed E-state index contributed by atoms with van der Waals surface area (Å²) in [6.07, 6.45) is 0. The van der Waals surface area contributed by atoms with Crippen LogP contribution in [-0.4, -0.2) is 35.9 Å². The topological polar surface area (TPSA) is 58.6 Å². The minimum atomic E-state index is -0.594. The van der Waals surface area contributed by atoms with Gasteiger partial charge in [-0.25, -0.2) is 0 Å². The number of amides is 2. The van der Waals surface area contributed by atoms with E-state index in [0.29, 0.717) is 18.8 Å². The van der Waals surface area contributed by atoms with Crippen LogP contribution in [0.2, 0.25) is 0 Å². The van der Waals surface area contributed by atoms with Gasteiger partial charge in [0.1, 0.15) is 11.8 Å². The average Bonchev–Trinajstić information content (AvgIpc) is 2.66. The fourth-order valence-electron chi connectivity index (χ4n) is 2.85. The third-order valence-corrected chi connectivity index (χ3v) is 5.34. The quantitative estimate of drug-likeness (QED) is 0.666. The lowest BCUT2D eigenvalue weighted by molar-refractivity contribution is -0.142. The zero-order valence-corrected chi connectivity index (χ0v) is 18.4. The van der Waals surface area contributed by atoms with E-state index in [1.165, 1.54) is 0 Å². The van der Waals surface area contributed by atoms with Crippen LogP contribution in [0, 0.1) is 13.8 Å². The van der Waals surface area contributed by atoms with Crippen LogP contribution in [0.5, 0.6) is 5.75 Å². The minimum absolute atomic E-state index is 0.128. The fourth-order valence-corrected chi connectivity index (χ4v) is 3.09. The monoisotopic (exact) mass is 446 g/mol. The van der Waals surface area contributed by atoms with E-state index in [2.05, 4.69) is 21.2 Å². The van der Waals surface area contributed by atoms with Crippen molar-refractivity contribution in [3.63, 3.8) is 0 Å². The molecule has 0 aromatic heterocycles. The lowest BCUT2D eigenvalue weighted by Gasteiger charge is -2.28. The number of nitrogens with zero attached hydrogens (tertiary/aromatic N) is 1. The number of likely N-dealkylation sites (N-methyl/N-ethyl adjacent to an activating group) is 1. The molecule has 2 amide bonds. The predicted molar refractivity (Wildman–Crippen MR) is 114 cm³/mol. The molecule has 6 heteroatoms. The number of carbonyl (C=O) groups excluding carboxylic acids is 2. The van der Waals surface area contributed by atoms with Crippen LogP contribution >= 0.6 is 15.9 Å². The maximum Gasteiger partial charge on any atom is 0.261 e. The van der Waals surface area contributed by atoms with Gasteiger partial charge in [0, 0.05) is 17.6 Å². The van der Waals surface area contributed by atoms with Crippen molar-refractivity contribution >= 4 is 27.7 Å². The van der Waals surface area contributed by atoms with E-state index in [9.17, 15) is 9.59 Å². The van der Waals surface area contributed by atoms with E-state index < -0.39 is 6.04 Å². The molecule has 150 valence electrons. The lowest BCUT2D eigenvalue weighted by Crippen LogP contribution is -2.49. The summed E-state index contributed by atoms with van der Waals surface area (Å²) >= 11 is 3.45. The summed E-state index contributed by atoms with van der Waals surface area (Å²) in [6.45, 7) is 8.29. The normalized spacial score (nSPS) is 11.6. The van der Waals surface area contributed by atoms with Gasteiger partial charge >= 0.3 is 0 Å². The molecule has 0 saturated carbocycles. The minimum Gasteiger partial charge on any atom is -0.484 e. The third-order valence-electron chi connectivity index (χ3n) is 4.45. The summed E-state index contributed by atoms with van der Waals surface area (Å²) in [5.74, 6) is 0.207. The van der Waals surface area contributed by atoms with Crippen molar-refractivity contribution in [2.75, 3.05) is 13.2 Å². The van der Waals surface area contributed by atoms with Crippen LogP contribution in [0.4, 0.5) is 0 Å². The lowest BCUT2D eigenvalue weighted by atomic mass is 10.1. The van der Waals surface area contributed by atoms with Gasteiger partial charge in [-0.3, -0.25) is 9.59 Å². The Balaban J connectivity index is 2.15. The highest BCUT2D eigenvalue weighted by molar-refractivity contribution is 9.10. The second kappa shape index (κ2) is 10.3. The summed E-state index contributed by atoms with van der Waals surface area (Å²) in [5.41, 5.74) is 3.11. The molecule has 0 aliphatic heterocycles. The molecule has 0 spiro atoms. The number of halogens is 1. The molecule has 1 N–H and O–H groups in total. The van der Waals surface area contributed by atoms with Gasteiger partial charge in [0.05, 0.1) is 0 Å². The van der Waals surface area contributed by atoms with Gasteiger partial charge in [0.2, 0.25) is 5.91 Å². The van der Waals surface area contributed by atoms with E-state index in [1.54, 1.807) is 11.8 Å². The standard InChI is InChI=1S/C22H27BrN2O3/c1-5-24-22(27)17(4)25(13-18-8-6-7-15(2)11-18)21(26)14-28-19-9-10-20(23)16(3)12-19/h6-12,17H,5,13-14H2,1-4H3,(H,24,27)/t17-/m0/s1. The van der Waals surface area contributed by atoms with Crippen molar-refractivity contribution in [2.24, 2.45) is 0 Å². The second-order valence-electron chi connectivity index (χ2n) is 6.78. The van der Waals surface area contributed by atoms with E-state index in [1.807, 2.05) is 63.2 Å². The highest BCUT2D eigenvalue weighted by atomic mass is 79.9. The number of nitrogens with one attached hydrogen (secondary N) is 1. The van der Waals surface area contributed by atoms with Gasteiger partial charge < -0.3 is 15.0 Å². The van der Waals surface area contributed by atoms with Gasteiger partial charge in [0.25, 0.3) is 5.91 Å². The number of hydrogen-bond donors (Lipinski definition) is 1. The van der Waals surface area contributed by atoms with Gasteiger partial charge in [-0.15, -0.1) is 0 Å². The summed E-state index contributed by atoms with van der Waals surface area (Å²) in [7, 11) is 0. The van der Waals surface area contributed by atoms with Crippen LogP contribution in [0.1, 0.15) is 30.5 Å². The Morgan fingerprint density at radius 2 is 1.93 bits per heavy atom. The average molecular weight is 447 g/mol. The number of rotatable bonds is 8. The molecule has 5 nitrogen and oxygen atoms in total. The fraction of sp³-hybridized carbons (Fsp3) is 0.364. The highest BCUT2D eigenvalue weighted by Crippen LogP contribution is 2.22.